The van der Waals surface area contributed by atoms with Gasteiger partial charge >= 0.3 is 0 Å². The summed E-state index contributed by atoms with van der Waals surface area (Å²) in [4.78, 5) is 18.9. The molecule has 4 rings (SSSR count). The van der Waals surface area contributed by atoms with Gasteiger partial charge in [-0.3, -0.25) is 15.1 Å². The minimum atomic E-state index is -0.0359. The lowest BCUT2D eigenvalue weighted by Crippen LogP contribution is -2.50. The number of thiophene rings is 1. The number of hydrogen-bond acceptors (Lipinski definition) is 5. The molecule has 5 nitrogen and oxygen atoms in total. The van der Waals surface area contributed by atoms with Gasteiger partial charge in [0.15, 0.2) is 0 Å². The van der Waals surface area contributed by atoms with E-state index in [1.54, 1.807) is 11.3 Å². The van der Waals surface area contributed by atoms with Gasteiger partial charge in [-0.05, 0) is 17.0 Å². The highest BCUT2D eigenvalue weighted by atomic mass is 32.1. The van der Waals surface area contributed by atoms with Gasteiger partial charge in [0, 0.05) is 44.1 Å². The number of amides is 1. The Bertz CT molecular complexity index is 683. The number of hydrogen-bond donors (Lipinski definition) is 2. The highest BCUT2D eigenvalue weighted by Gasteiger charge is 2.37. The van der Waals surface area contributed by atoms with Crippen LogP contribution in [0, 0.1) is 5.92 Å². The van der Waals surface area contributed by atoms with Gasteiger partial charge in [0.25, 0.3) is 0 Å². The van der Waals surface area contributed by atoms with Crippen molar-refractivity contribution in [3.8, 4) is 0 Å². The first-order valence-electron chi connectivity index (χ1n) is 8.88. The normalized spacial score (nSPS) is 24.6. The summed E-state index contributed by atoms with van der Waals surface area (Å²) in [5.41, 5.74) is 7.62. The third kappa shape index (κ3) is 3.77. The molecule has 1 aromatic heterocycles. The van der Waals surface area contributed by atoms with Gasteiger partial charge < -0.3 is 4.90 Å². The van der Waals surface area contributed by atoms with Crippen molar-refractivity contribution in [2.75, 3.05) is 32.7 Å². The van der Waals surface area contributed by atoms with E-state index >= 15 is 0 Å². The molecule has 3 heterocycles. The Morgan fingerprint density at radius 1 is 1.08 bits per heavy atom. The van der Waals surface area contributed by atoms with Crippen LogP contribution in [0.1, 0.15) is 16.5 Å². The number of carbonyl (C=O) groups excluding carboxylic acids is 1. The third-order valence-electron chi connectivity index (χ3n) is 5.10. The van der Waals surface area contributed by atoms with Crippen molar-refractivity contribution < 1.29 is 4.79 Å². The summed E-state index contributed by atoms with van der Waals surface area (Å²) in [6.07, 6.45) is 0. The number of carbonyl (C=O) groups is 1. The highest BCUT2D eigenvalue weighted by Crippen LogP contribution is 2.27. The molecule has 2 saturated heterocycles. The van der Waals surface area contributed by atoms with Gasteiger partial charge in [-0.25, -0.2) is 5.43 Å². The number of rotatable bonds is 4. The van der Waals surface area contributed by atoms with E-state index in [4.69, 9.17) is 0 Å². The Morgan fingerprint density at radius 3 is 2.60 bits per heavy atom. The van der Waals surface area contributed by atoms with Crippen LogP contribution in [0.25, 0.3) is 0 Å². The Labute approximate surface area is 152 Å². The van der Waals surface area contributed by atoms with Gasteiger partial charge in [-0.15, -0.1) is 11.3 Å². The number of nitrogens with one attached hydrogen (secondary N) is 2. The Hall–Kier alpha value is -1.73. The van der Waals surface area contributed by atoms with Crippen molar-refractivity contribution >= 4 is 17.2 Å². The minimum Gasteiger partial charge on any atom is -0.340 e. The maximum atomic E-state index is 13.0. The van der Waals surface area contributed by atoms with Crippen LogP contribution in [0.5, 0.6) is 0 Å². The smallest absolute Gasteiger partial charge is 0.229 e. The lowest BCUT2D eigenvalue weighted by molar-refractivity contribution is -0.137. The fraction of sp³-hybridized carbons (Fsp3) is 0.421. The maximum Gasteiger partial charge on any atom is 0.229 e. The quantitative estimate of drug-likeness (QED) is 0.878. The molecule has 0 aliphatic carbocycles. The number of piperazine rings is 1. The van der Waals surface area contributed by atoms with Crippen LogP contribution in [-0.2, 0) is 11.3 Å². The predicted octanol–water partition coefficient (Wildman–Crippen LogP) is 1.86. The molecular formula is C19H24N4OS. The Balaban J connectivity index is 1.35. The maximum absolute atomic E-state index is 13.0. The van der Waals surface area contributed by atoms with Crippen molar-refractivity contribution in [2.24, 2.45) is 5.92 Å². The third-order valence-corrected chi connectivity index (χ3v) is 5.96. The zero-order chi connectivity index (χ0) is 17.1. The standard InChI is InChI=1S/C19H24N4OS/c24-19(17-13-20-21-18(17)15-5-2-1-3-6-15)23-10-8-22(9-11-23)14-16-7-4-12-25-16/h1-7,12,17-18,20-21H,8-11,13-14H2. The summed E-state index contributed by atoms with van der Waals surface area (Å²) in [6, 6.07) is 14.6. The summed E-state index contributed by atoms with van der Waals surface area (Å²) >= 11 is 1.80. The topological polar surface area (TPSA) is 47.6 Å². The summed E-state index contributed by atoms with van der Waals surface area (Å²) in [5.74, 6) is 0.230. The molecule has 2 aromatic rings. The predicted molar refractivity (Wildman–Crippen MR) is 100.0 cm³/mol. The van der Waals surface area contributed by atoms with Crippen LogP contribution in [0.2, 0.25) is 0 Å². The molecule has 2 N–H and O–H groups in total. The molecule has 1 amide bonds. The van der Waals surface area contributed by atoms with Crippen molar-refractivity contribution in [3.63, 3.8) is 0 Å². The second-order valence-electron chi connectivity index (χ2n) is 6.70. The van der Waals surface area contributed by atoms with Crippen LogP contribution >= 0.6 is 11.3 Å². The summed E-state index contributed by atoms with van der Waals surface area (Å²) in [5, 5.41) is 2.12. The lowest BCUT2D eigenvalue weighted by atomic mass is 9.93. The van der Waals surface area contributed by atoms with E-state index in [0.29, 0.717) is 6.54 Å². The van der Waals surface area contributed by atoms with Crippen LogP contribution in [0.3, 0.4) is 0 Å². The number of hydrazine groups is 1. The van der Waals surface area contributed by atoms with Gasteiger partial charge in [0.2, 0.25) is 5.91 Å². The molecule has 2 unspecified atom stereocenters. The molecule has 1 aromatic carbocycles. The van der Waals surface area contributed by atoms with E-state index in [2.05, 4.69) is 45.4 Å². The summed E-state index contributed by atoms with van der Waals surface area (Å²) < 4.78 is 0. The van der Waals surface area contributed by atoms with Crippen molar-refractivity contribution in [1.29, 1.82) is 0 Å². The van der Waals surface area contributed by atoms with Crippen molar-refractivity contribution in [3.05, 3.63) is 58.3 Å². The summed E-state index contributed by atoms with van der Waals surface area (Å²) in [6.45, 7) is 5.23. The van der Waals surface area contributed by atoms with Crippen molar-refractivity contribution in [1.82, 2.24) is 20.7 Å². The van der Waals surface area contributed by atoms with Crippen LogP contribution in [0.15, 0.2) is 47.8 Å². The van der Waals surface area contributed by atoms with Gasteiger partial charge in [0.1, 0.15) is 0 Å². The monoisotopic (exact) mass is 356 g/mol. The zero-order valence-electron chi connectivity index (χ0n) is 14.2. The van der Waals surface area contributed by atoms with Gasteiger partial charge in [-0.2, -0.15) is 0 Å². The Morgan fingerprint density at radius 2 is 1.88 bits per heavy atom. The van der Waals surface area contributed by atoms with E-state index < -0.39 is 0 Å². The average Bonchev–Trinajstić information content (AvgIpc) is 3.34. The molecule has 25 heavy (non-hydrogen) atoms. The molecule has 6 heteroatoms. The van der Waals surface area contributed by atoms with Crippen molar-refractivity contribution in [2.45, 2.75) is 12.6 Å². The van der Waals surface area contributed by atoms with E-state index in [1.807, 2.05) is 23.1 Å². The molecule has 0 saturated carbocycles. The van der Waals surface area contributed by atoms with Gasteiger partial charge in [0.05, 0.1) is 12.0 Å². The van der Waals surface area contributed by atoms with Crippen LogP contribution in [-0.4, -0.2) is 48.4 Å². The van der Waals surface area contributed by atoms with E-state index in [-0.39, 0.29) is 17.9 Å². The molecule has 0 bridgehead atoms. The lowest BCUT2D eigenvalue weighted by Gasteiger charge is -2.36. The van der Waals surface area contributed by atoms with Crippen LogP contribution in [0.4, 0.5) is 0 Å². The minimum absolute atomic E-state index is 0.0359. The van der Waals surface area contributed by atoms with E-state index in [9.17, 15) is 4.79 Å². The Kier molecular flexibility index (Phi) is 5.12. The van der Waals surface area contributed by atoms with E-state index in [0.717, 1.165) is 32.7 Å². The zero-order valence-corrected chi connectivity index (χ0v) is 15.0. The first-order valence-corrected chi connectivity index (χ1v) is 9.76. The fourth-order valence-corrected chi connectivity index (χ4v) is 4.43. The fourth-order valence-electron chi connectivity index (χ4n) is 3.69. The second-order valence-corrected chi connectivity index (χ2v) is 7.73. The SMILES string of the molecule is O=C(C1CNNC1c1ccccc1)N1CCN(Cc2cccs2)CC1. The van der Waals surface area contributed by atoms with E-state index in [1.165, 1.54) is 10.4 Å². The first kappa shape index (κ1) is 16.7. The average molecular weight is 356 g/mol. The number of benzene rings is 1. The summed E-state index contributed by atoms with van der Waals surface area (Å²) in [7, 11) is 0. The molecule has 2 atom stereocenters. The largest absolute Gasteiger partial charge is 0.340 e. The molecule has 2 aliphatic heterocycles. The molecule has 2 aliphatic rings. The molecule has 2 fully saturated rings. The number of nitrogens with zero attached hydrogens (tertiary/aromatic N) is 2. The molecule has 0 spiro atoms. The molecular weight excluding hydrogens is 332 g/mol. The van der Waals surface area contributed by atoms with Crippen LogP contribution < -0.4 is 10.9 Å². The molecule has 0 radical (unpaired) electrons. The first-order chi connectivity index (χ1) is 12.3. The molecule has 132 valence electrons. The highest BCUT2D eigenvalue weighted by molar-refractivity contribution is 7.09. The van der Waals surface area contributed by atoms with Gasteiger partial charge in [-0.1, -0.05) is 36.4 Å². The second kappa shape index (κ2) is 7.66.